The Bertz CT molecular complexity index is 394. The van der Waals surface area contributed by atoms with Crippen LogP contribution in [0.1, 0.15) is 11.6 Å². The number of rotatable bonds is 3. The van der Waals surface area contributed by atoms with Gasteiger partial charge >= 0.3 is 0 Å². The monoisotopic (exact) mass is 311 g/mol. The van der Waals surface area contributed by atoms with Crippen LogP contribution in [0.3, 0.4) is 0 Å². The van der Waals surface area contributed by atoms with Crippen molar-refractivity contribution in [1.82, 2.24) is 15.1 Å². The highest BCUT2D eigenvalue weighted by atomic mass is 79.9. The molecule has 18 heavy (non-hydrogen) atoms. The number of piperazine rings is 1. The number of hydrogen-bond acceptors (Lipinski definition) is 3. The predicted molar refractivity (Wildman–Crippen MR) is 79.9 cm³/mol. The van der Waals surface area contributed by atoms with Gasteiger partial charge in [-0.15, -0.1) is 0 Å². The molecule has 0 amide bonds. The van der Waals surface area contributed by atoms with Crippen molar-refractivity contribution < 1.29 is 0 Å². The van der Waals surface area contributed by atoms with E-state index in [9.17, 15) is 0 Å². The summed E-state index contributed by atoms with van der Waals surface area (Å²) in [5, 5.41) is 3.65. The molecule has 3 nitrogen and oxygen atoms in total. The van der Waals surface area contributed by atoms with Gasteiger partial charge in [0.05, 0.1) is 6.04 Å². The normalized spacial score (nSPS) is 23.3. The van der Waals surface area contributed by atoms with Crippen LogP contribution < -0.4 is 5.32 Å². The van der Waals surface area contributed by atoms with Gasteiger partial charge in [0.1, 0.15) is 0 Å². The van der Waals surface area contributed by atoms with Gasteiger partial charge in [0, 0.05) is 30.1 Å². The summed E-state index contributed by atoms with van der Waals surface area (Å²) in [6, 6.07) is 9.52. The Labute approximate surface area is 118 Å². The van der Waals surface area contributed by atoms with E-state index in [1.54, 1.807) is 0 Å². The van der Waals surface area contributed by atoms with E-state index in [0.717, 1.165) is 24.1 Å². The largest absolute Gasteiger partial charge is 0.310 e. The van der Waals surface area contributed by atoms with Crippen LogP contribution in [-0.2, 0) is 0 Å². The molecule has 2 atom stereocenters. The fourth-order valence-electron chi connectivity index (χ4n) is 2.72. The Morgan fingerprint density at radius 2 is 2.22 bits per heavy atom. The number of halogens is 1. The lowest BCUT2D eigenvalue weighted by Crippen LogP contribution is -2.54. The van der Waals surface area contributed by atoms with Crippen molar-refractivity contribution in [2.45, 2.75) is 12.1 Å². The van der Waals surface area contributed by atoms with Gasteiger partial charge in [0.15, 0.2) is 0 Å². The third kappa shape index (κ3) is 3.32. The molecule has 2 rings (SSSR count). The minimum absolute atomic E-state index is 0.408. The summed E-state index contributed by atoms with van der Waals surface area (Å²) in [7, 11) is 6.51. The zero-order valence-corrected chi connectivity index (χ0v) is 12.9. The van der Waals surface area contributed by atoms with E-state index in [4.69, 9.17) is 0 Å². The van der Waals surface area contributed by atoms with Crippen LogP contribution in [0.4, 0.5) is 0 Å². The molecule has 0 saturated carbocycles. The van der Waals surface area contributed by atoms with E-state index in [0.29, 0.717) is 12.1 Å². The van der Waals surface area contributed by atoms with Gasteiger partial charge in [-0.25, -0.2) is 0 Å². The molecule has 0 radical (unpaired) electrons. The first kappa shape index (κ1) is 14.0. The molecule has 0 spiro atoms. The van der Waals surface area contributed by atoms with Crippen LogP contribution in [0.2, 0.25) is 0 Å². The second kappa shape index (κ2) is 6.15. The van der Waals surface area contributed by atoms with E-state index in [1.807, 2.05) is 0 Å². The molecule has 1 aromatic rings. The molecule has 1 heterocycles. The molecule has 0 bridgehead atoms. The minimum atomic E-state index is 0.408. The van der Waals surface area contributed by atoms with Crippen molar-refractivity contribution in [2.75, 3.05) is 40.8 Å². The van der Waals surface area contributed by atoms with E-state index >= 15 is 0 Å². The third-order valence-corrected chi connectivity index (χ3v) is 4.03. The molecule has 1 aliphatic heterocycles. The van der Waals surface area contributed by atoms with E-state index in [-0.39, 0.29) is 0 Å². The molecule has 2 unspecified atom stereocenters. The van der Waals surface area contributed by atoms with Crippen LogP contribution in [-0.4, -0.2) is 56.6 Å². The van der Waals surface area contributed by atoms with Crippen molar-refractivity contribution in [1.29, 1.82) is 0 Å². The summed E-state index contributed by atoms with van der Waals surface area (Å²) in [6.07, 6.45) is 0. The highest BCUT2D eigenvalue weighted by molar-refractivity contribution is 9.10. The summed E-state index contributed by atoms with van der Waals surface area (Å²) < 4.78 is 1.15. The summed E-state index contributed by atoms with van der Waals surface area (Å²) in [5.41, 5.74) is 1.36. The lowest BCUT2D eigenvalue weighted by molar-refractivity contribution is 0.154. The molecular weight excluding hydrogens is 290 g/mol. The molecule has 1 aromatic carbocycles. The molecule has 100 valence electrons. The SMILES string of the molecule is CN1CCNC(C(c2cccc(Br)c2)N(C)C)C1. The van der Waals surface area contributed by atoms with Crippen LogP contribution in [0.5, 0.6) is 0 Å². The maximum Gasteiger partial charge on any atom is 0.0508 e. The molecule has 1 aliphatic rings. The first-order valence-corrected chi connectivity index (χ1v) is 7.21. The molecule has 0 aliphatic carbocycles. The Morgan fingerprint density at radius 3 is 2.83 bits per heavy atom. The van der Waals surface area contributed by atoms with E-state index < -0.39 is 0 Å². The van der Waals surface area contributed by atoms with Gasteiger partial charge in [-0.05, 0) is 38.8 Å². The van der Waals surface area contributed by atoms with Gasteiger partial charge < -0.3 is 15.1 Å². The molecular formula is C14H22BrN3. The quantitative estimate of drug-likeness (QED) is 0.920. The molecule has 1 saturated heterocycles. The third-order valence-electron chi connectivity index (χ3n) is 3.54. The number of likely N-dealkylation sites (N-methyl/N-ethyl adjacent to an activating group) is 2. The van der Waals surface area contributed by atoms with E-state index in [1.165, 1.54) is 5.56 Å². The topological polar surface area (TPSA) is 18.5 Å². The van der Waals surface area contributed by atoms with Crippen LogP contribution in [0, 0.1) is 0 Å². The fraction of sp³-hybridized carbons (Fsp3) is 0.571. The second-order valence-corrected chi connectivity index (χ2v) is 6.20. The van der Waals surface area contributed by atoms with Gasteiger partial charge in [0.2, 0.25) is 0 Å². The first-order valence-electron chi connectivity index (χ1n) is 6.42. The van der Waals surface area contributed by atoms with Gasteiger partial charge in [0.25, 0.3) is 0 Å². The summed E-state index contributed by atoms with van der Waals surface area (Å²) in [4.78, 5) is 4.70. The van der Waals surface area contributed by atoms with Gasteiger partial charge in [-0.3, -0.25) is 0 Å². The first-order chi connectivity index (χ1) is 8.58. The van der Waals surface area contributed by atoms with Crippen molar-refractivity contribution in [3.63, 3.8) is 0 Å². The van der Waals surface area contributed by atoms with Gasteiger partial charge in [-0.1, -0.05) is 28.1 Å². The average molecular weight is 312 g/mol. The smallest absolute Gasteiger partial charge is 0.0508 e. The van der Waals surface area contributed by atoms with Crippen molar-refractivity contribution >= 4 is 15.9 Å². The lowest BCUT2D eigenvalue weighted by atomic mass is 9.96. The number of hydrogen-bond donors (Lipinski definition) is 1. The van der Waals surface area contributed by atoms with Crippen LogP contribution in [0.25, 0.3) is 0 Å². The Kier molecular flexibility index (Phi) is 4.78. The molecule has 4 heteroatoms. The second-order valence-electron chi connectivity index (χ2n) is 5.29. The summed E-state index contributed by atoms with van der Waals surface area (Å²) in [5.74, 6) is 0. The maximum atomic E-state index is 3.65. The molecule has 1 fully saturated rings. The predicted octanol–water partition coefficient (Wildman–Crippen LogP) is 1.96. The number of benzene rings is 1. The van der Waals surface area contributed by atoms with Gasteiger partial charge in [-0.2, -0.15) is 0 Å². The van der Waals surface area contributed by atoms with Crippen molar-refractivity contribution in [3.8, 4) is 0 Å². The average Bonchev–Trinajstić information content (AvgIpc) is 2.28. The minimum Gasteiger partial charge on any atom is -0.310 e. The van der Waals surface area contributed by atoms with E-state index in [2.05, 4.69) is 76.5 Å². The Balaban J connectivity index is 2.22. The lowest BCUT2D eigenvalue weighted by Gasteiger charge is -2.39. The zero-order chi connectivity index (χ0) is 13.1. The highest BCUT2D eigenvalue weighted by Gasteiger charge is 2.28. The fourth-order valence-corrected chi connectivity index (χ4v) is 3.14. The molecule has 0 aromatic heterocycles. The van der Waals surface area contributed by atoms with Crippen LogP contribution >= 0.6 is 15.9 Å². The summed E-state index contributed by atoms with van der Waals surface area (Å²) >= 11 is 3.57. The Morgan fingerprint density at radius 1 is 1.44 bits per heavy atom. The maximum absolute atomic E-state index is 3.65. The highest BCUT2D eigenvalue weighted by Crippen LogP contribution is 2.26. The molecule has 1 N–H and O–H groups in total. The van der Waals surface area contributed by atoms with Crippen molar-refractivity contribution in [3.05, 3.63) is 34.3 Å². The zero-order valence-electron chi connectivity index (χ0n) is 11.4. The Hall–Kier alpha value is -0.420. The number of nitrogens with one attached hydrogen (secondary N) is 1. The number of nitrogens with zero attached hydrogens (tertiary/aromatic N) is 2. The van der Waals surface area contributed by atoms with Crippen LogP contribution in [0.15, 0.2) is 28.7 Å². The standard InChI is InChI=1S/C14H22BrN3/c1-17(2)14(11-5-4-6-12(15)9-11)13-10-18(3)8-7-16-13/h4-6,9,13-14,16H,7-8,10H2,1-3H3. The van der Waals surface area contributed by atoms with Crippen molar-refractivity contribution in [2.24, 2.45) is 0 Å². The summed E-state index contributed by atoms with van der Waals surface area (Å²) in [6.45, 7) is 3.30.